The summed E-state index contributed by atoms with van der Waals surface area (Å²) in [6.45, 7) is 0.328. The average molecular weight is 267 g/mol. The average Bonchev–Trinajstić information content (AvgIpc) is 2.20. The zero-order valence-corrected chi connectivity index (χ0v) is 9.62. The third-order valence-corrected chi connectivity index (χ3v) is 2.13. The van der Waals surface area contributed by atoms with Crippen LogP contribution in [0.3, 0.4) is 0 Å². The highest BCUT2D eigenvalue weighted by molar-refractivity contribution is 6.31. The maximum Gasteiger partial charge on any atom is 0.405 e. The first-order valence-electron chi connectivity index (χ1n) is 4.66. The number of alkyl halides is 3. The van der Waals surface area contributed by atoms with E-state index in [0.29, 0.717) is 16.3 Å². The van der Waals surface area contributed by atoms with Crippen molar-refractivity contribution in [2.45, 2.75) is 13.1 Å². The highest BCUT2D eigenvalue weighted by Crippen LogP contribution is 2.20. The zero-order chi connectivity index (χ0) is 13.1. The van der Waals surface area contributed by atoms with Gasteiger partial charge in [0.05, 0.1) is 0 Å². The Hall–Kier alpha value is -1.43. The highest BCUT2D eigenvalue weighted by atomic mass is 35.5. The lowest BCUT2D eigenvalue weighted by Crippen LogP contribution is -2.36. The maximum atomic E-state index is 11.8. The fraction of sp³-hybridized carbons (Fsp3) is 0.300. The lowest BCUT2D eigenvalue weighted by molar-refractivity contribution is -0.122. The minimum atomic E-state index is -4.43. The summed E-state index contributed by atoms with van der Waals surface area (Å²) >= 11 is 5.70. The van der Waals surface area contributed by atoms with Gasteiger partial charge in [-0.15, -0.1) is 0 Å². The fourth-order valence-corrected chi connectivity index (χ4v) is 1.25. The summed E-state index contributed by atoms with van der Waals surface area (Å²) in [5.41, 5.74) is 1.08. The van der Waals surface area contributed by atoms with Crippen molar-refractivity contribution in [3.8, 4) is 0 Å². The molecule has 17 heavy (non-hydrogen) atoms. The number of aryl methyl sites for hydroxylation is 1. The van der Waals surface area contributed by atoms with Crippen LogP contribution in [-0.4, -0.2) is 18.8 Å². The molecule has 0 aliphatic heterocycles. The summed E-state index contributed by atoms with van der Waals surface area (Å²) in [5, 5.41) is 4.38. The molecule has 1 rings (SSSR count). The first-order valence-corrected chi connectivity index (χ1v) is 5.03. The van der Waals surface area contributed by atoms with Crippen molar-refractivity contribution in [1.29, 1.82) is 0 Å². The second-order valence-electron chi connectivity index (χ2n) is 3.38. The van der Waals surface area contributed by atoms with E-state index in [4.69, 9.17) is 11.6 Å². The van der Waals surface area contributed by atoms with Gasteiger partial charge in [0.2, 0.25) is 0 Å². The van der Waals surface area contributed by atoms with E-state index in [1.807, 2.05) is 0 Å². The normalized spacial score (nSPS) is 11.1. The molecule has 3 nitrogen and oxygen atoms in total. The second kappa shape index (κ2) is 5.27. The Kier molecular flexibility index (Phi) is 4.22. The molecule has 0 aliphatic rings. The monoisotopic (exact) mass is 266 g/mol. The van der Waals surface area contributed by atoms with Gasteiger partial charge in [0.1, 0.15) is 6.54 Å². The number of urea groups is 1. The summed E-state index contributed by atoms with van der Waals surface area (Å²) in [7, 11) is 0. The number of amides is 2. The van der Waals surface area contributed by atoms with Crippen LogP contribution in [-0.2, 0) is 0 Å². The molecule has 2 N–H and O–H groups in total. The first kappa shape index (κ1) is 13.6. The van der Waals surface area contributed by atoms with E-state index in [1.54, 1.807) is 24.4 Å². The van der Waals surface area contributed by atoms with Gasteiger partial charge in [0.15, 0.2) is 0 Å². The van der Waals surface area contributed by atoms with Gasteiger partial charge in [-0.2, -0.15) is 13.2 Å². The van der Waals surface area contributed by atoms with Gasteiger partial charge in [-0.1, -0.05) is 17.7 Å². The van der Waals surface area contributed by atoms with Gasteiger partial charge in [0.25, 0.3) is 0 Å². The largest absolute Gasteiger partial charge is 0.405 e. The SMILES string of the molecule is Cc1ccc(Cl)cc1NC(=O)NCC(F)(F)F. The number of carbonyl (C=O) groups excluding carboxylic acids is 1. The van der Waals surface area contributed by atoms with Crippen molar-refractivity contribution in [2.24, 2.45) is 0 Å². The quantitative estimate of drug-likeness (QED) is 0.847. The van der Waals surface area contributed by atoms with Crippen LogP contribution in [0.15, 0.2) is 18.2 Å². The van der Waals surface area contributed by atoms with Crippen LogP contribution in [0, 0.1) is 6.92 Å². The molecule has 1 aromatic carbocycles. The summed E-state index contributed by atoms with van der Waals surface area (Å²) in [4.78, 5) is 11.2. The number of anilines is 1. The van der Waals surface area contributed by atoms with Crippen LogP contribution in [0.25, 0.3) is 0 Å². The standard InChI is InChI=1S/C10H10ClF3N2O/c1-6-2-3-7(11)4-8(6)16-9(17)15-5-10(12,13)14/h2-4H,5H2,1H3,(H2,15,16,17). The van der Waals surface area contributed by atoms with Gasteiger partial charge in [-0.25, -0.2) is 4.79 Å². The molecule has 1 aromatic rings. The number of carbonyl (C=O) groups is 1. The molecule has 0 unspecified atom stereocenters. The van der Waals surface area contributed by atoms with Crippen molar-refractivity contribution in [2.75, 3.05) is 11.9 Å². The Morgan fingerprint density at radius 3 is 2.65 bits per heavy atom. The van der Waals surface area contributed by atoms with Crippen LogP contribution in [0.5, 0.6) is 0 Å². The van der Waals surface area contributed by atoms with Gasteiger partial charge in [-0.05, 0) is 24.6 Å². The Bertz CT molecular complexity index is 421. The van der Waals surface area contributed by atoms with E-state index in [0.717, 1.165) is 0 Å². The van der Waals surface area contributed by atoms with E-state index in [1.165, 1.54) is 6.07 Å². The number of benzene rings is 1. The minimum absolute atomic E-state index is 0.372. The third kappa shape index (κ3) is 4.95. The maximum absolute atomic E-state index is 11.8. The summed E-state index contributed by atoms with van der Waals surface area (Å²) < 4.78 is 35.5. The van der Waals surface area contributed by atoms with E-state index in [2.05, 4.69) is 5.32 Å². The molecule has 0 atom stereocenters. The minimum Gasteiger partial charge on any atom is -0.329 e. The smallest absolute Gasteiger partial charge is 0.329 e. The Morgan fingerprint density at radius 1 is 1.41 bits per heavy atom. The van der Waals surface area contributed by atoms with Crippen LogP contribution in [0.1, 0.15) is 5.56 Å². The van der Waals surface area contributed by atoms with Crippen LogP contribution in [0.4, 0.5) is 23.7 Å². The lowest BCUT2D eigenvalue weighted by Gasteiger charge is -2.11. The summed E-state index contributed by atoms with van der Waals surface area (Å²) in [6, 6.07) is 3.81. The number of hydrogen-bond acceptors (Lipinski definition) is 1. The summed E-state index contributed by atoms with van der Waals surface area (Å²) in [5.74, 6) is 0. The topological polar surface area (TPSA) is 41.1 Å². The summed E-state index contributed by atoms with van der Waals surface area (Å²) in [6.07, 6.45) is -4.43. The molecule has 0 radical (unpaired) electrons. The Morgan fingerprint density at radius 2 is 2.06 bits per heavy atom. The number of halogens is 4. The lowest BCUT2D eigenvalue weighted by atomic mass is 10.2. The first-order chi connectivity index (χ1) is 7.78. The third-order valence-electron chi connectivity index (χ3n) is 1.90. The fourth-order valence-electron chi connectivity index (χ4n) is 1.08. The number of hydrogen-bond donors (Lipinski definition) is 2. The number of nitrogens with one attached hydrogen (secondary N) is 2. The molecule has 0 aliphatic carbocycles. The van der Waals surface area contributed by atoms with E-state index >= 15 is 0 Å². The second-order valence-corrected chi connectivity index (χ2v) is 3.82. The Balaban J connectivity index is 2.59. The molecule has 94 valence electrons. The van der Waals surface area contributed by atoms with Gasteiger partial charge >= 0.3 is 12.2 Å². The molecular weight excluding hydrogens is 257 g/mol. The van der Waals surface area contributed by atoms with E-state index in [9.17, 15) is 18.0 Å². The number of rotatable bonds is 2. The molecule has 0 saturated carbocycles. The van der Waals surface area contributed by atoms with Crippen LogP contribution < -0.4 is 10.6 Å². The molecule has 0 spiro atoms. The highest BCUT2D eigenvalue weighted by Gasteiger charge is 2.27. The van der Waals surface area contributed by atoms with E-state index < -0.39 is 18.8 Å². The van der Waals surface area contributed by atoms with Crippen molar-refractivity contribution in [3.05, 3.63) is 28.8 Å². The van der Waals surface area contributed by atoms with Crippen molar-refractivity contribution in [3.63, 3.8) is 0 Å². The predicted octanol–water partition coefficient (Wildman–Crippen LogP) is 3.33. The van der Waals surface area contributed by atoms with Gasteiger partial charge < -0.3 is 10.6 Å². The van der Waals surface area contributed by atoms with E-state index in [-0.39, 0.29) is 0 Å². The Labute approximate surface area is 101 Å². The molecule has 2 amide bonds. The van der Waals surface area contributed by atoms with Crippen molar-refractivity contribution >= 4 is 23.3 Å². The zero-order valence-electron chi connectivity index (χ0n) is 8.86. The van der Waals surface area contributed by atoms with Crippen molar-refractivity contribution in [1.82, 2.24) is 5.32 Å². The molecular formula is C10H10ClF3N2O. The molecule has 0 fully saturated rings. The van der Waals surface area contributed by atoms with Crippen LogP contribution >= 0.6 is 11.6 Å². The predicted molar refractivity (Wildman–Crippen MR) is 59.3 cm³/mol. The van der Waals surface area contributed by atoms with Crippen LogP contribution in [0.2, 0.25) is 5.02 Å². The van der Waals surface area contributed by atoms with Crippen molar-refractivity contribution < 1.29 is 18.0 Å². The molecule has 7 heteroatoms. The molecule has 0 bridgehead atoms. The van der Waals surface area contributed by atoms with Gasteiger partial charge in [0, 0.05) is 10.7 Å². The van der Waals surface area contributed by atoms with Gasteiger partial charge in [-0.3, -0.25) is 0 Å². The molecule has 0 saturated heterocycles. The molecule has 0 heterocycles. The molecule has 0 aromatic heterocycles.